The predicted octanol–water partition coefficient (Wildman–Crippen LogP) is 5.16. The topological polar surface area (TPSA) is 64.6 Å². The van der Waals surface area contributed by atoms with Crippen LogP contribution in [0.1, 0.15) is 26.3 Å². The van der Waals surface area contributed by atoms with Crippen molar-refractivity contribution in [1.29, 1.82) is 0 Å². The van der Waals surface area contributed by atoms with Crippen LogP contribution in [0.3, 0.4) is 0 Å². The maximum atomic E-state index is 12.1. The highest BCUT2D eigenvalue weighted by Gasteiger charge is 2.18. The van der Waals surface area contributed by atoms with Crippen LogP contribution in [0.5, 0.6) is 0 Å². The summed E-state index contributed by atoms with van der Waals surface area (Å²) in [5.41, 5.74) is 1.27. The average molecular weight is 410 g/mol. The first kappa shape index (κ1) is 21.1. The third kappa shape index (κ3) is 6.77. The second-order valence-electron chi connectivity index (χ2n) is 6.80. The quantitative estimate of drug-likeness (QED) is 0.666. The number of carbonyl (C=O) groups is 2. The van der Waals surface area contributed by atoms with Crippen molar-refractivity contribution in [3.63, 3.8) is 0 Å². The van der Waals surface area contributed by atoms with Gasteiger partial charge < -0.3 is 14.8 Å². The number of anilines is 2. The molecule has 0 amide bonds. The minimum Gasteiger partial charge on any atom is -0.457 e. The standard InChI is InChI=1S/C20H21Cl2NO4/c1-20(2,3)27-18(25)12-26-17(24)11-13-7-4-5-10-16(13)23-19-14(21)8-6-9-15(19)22/h4-10,23H,11-12H2,1-3H3. The number of hydrogen-bond acceptors (Lipinski definition) is 5. The molecule has 0 bridgehead atoms. The van der Waals surface area contributed by atoms with Gasteiger partial charge in [-0.1, -0.05) is 47.5 Å². The lowest BCUT2D eigenvalue weighted by molar-refractivity contribution is -0.166. The van der Waals surface area contributed by atoms with E-state index in [1.165, 1.54) is 0 Å². The van der Waals surface area contributed by atoms with Gasteiger partial charge in [-0.05, 0) is 44.5 Å². The van der Waals surface area contributed by atoms with E-state index in [4.69, 9.17) is 32.7 Å². The molecular formula is C20H21Cl2NO4. The van der Waals surface area contributed by atoms with Gasteiger partial charge >= 0.3 is 11.9 Å². The van der Waals surface area contributed by atoms with Crippen LogP contribution < -0.4 is 5.32 Å². The summed E-state index contributed by atoms with van der Waals surface area (Å²) >= 11 is 12.4. The van der Waals surface area contributed by atoms with Crippen molar-refractivity contribution < 1.29 is 19.1 Å². The molecule has 2 rings (SSSR count). The van der Waals surface area contributed by atoms with E-state index in [1.807, 2.05) is 6.07 Å². The molecule has 0 heterocycles. The van der Waals surface area contributed by atoms with E-state index in [1.54, 1.807) is 57.2 Å². The van der Waals surface area contributed by atoms with Crippen LogP contribution in [0.4, 0.5) is 11.4 Å². The Hall–Kier alpha value is -2.24. The van der Waals surface area contributed by atoms with Crippen LogP contribution in [0.2, 0.25) is 10.0 Å². The second kappa shape index (κ2) is 9.11. The van der Waals surface area contributed by atoms with Gasteiger partial charge in [0.15, 0.2) is 6.61 Å². The van der Waals surface area contributed by atoms with Crippen molar-refractivity contribution in [1.82, 2.24) is 0 Å². The van der Waals surface area contributed by atoms with E-state index in [0.29, 0.717) is 27.0 Å². The minimum absolute atomic E-state index is 0.0198. The maximum Gasteiger partial charge on any atom is 0.344 e. The molecular weight excluding hydrogens is 389 g/mol. The van der Waals surface area contributed by atoms with Gasteiger partial charge in [-0.25, -0.2) is 4.79 Å². The first-order valence-electron chi connectivity index (χ1n) is 8.32. The number of benzene rings is 2. The molecule has 0 saturated carbocycles. The Bertz CT molecular complexity index is 811. The highest BCUT2D eigenvalue weighted by Crippen LogP contribution is 2.33. The zero-order valence-electron chi connectivity index (χ0n) is 15.3. The number of para-hydroxylation sites is 2. The zero-order chi connectivity index (χ0) is 20.0. The number of halogens is 2. The van der Waals surface area contributed by atoms with E-state index in [-0.39, 0.29) is 6.42 Å². The molecule has 0 atom stereocenters. The Kier molecular flexibility index (Phi) is 7.11. The summed E-state index contributed by atoms with van der Waals surface area (Å²) in [5.74, 6) is -1.13. The fraction of sp³-hybridized carbons (Fsp3) is 0.300. The van der Waals surface area contributed by atoms with Crippen molar-refractivity contribution in [2.24, 2.45) is 0 Å². The highest BCUT2D eigenvalue weighted by atomic mass is 35.5. The predicted molar refractivity (Wildman–Crippen MR) is 107 cm³/mol. The Labute approximate surface area is 168 Å². The molecule has 0 aromatic heterocycles. The summed E-state index contributed by atoms with van der Waals surface area (Å²) in [5, 5.41) is 4.07. The van der Waals surface area contributed by atoms with Crippen LogP contribution in [-0.2, 0) is 25.5 Å². The van der Waals surface area contributed by atoms with E-state index in [9.17, 15) is 9.59 Å². The molecule has 0 aliphatic rings. The summed E-state index contributed by atoms with van der Waals surface area (Å²) in [7, 11) is 0. The van der Waals surface area contributed by atoms with Gasteiger partial charge in [0.05, 0.1) is 22.2 Å². The average Bonchev–Trinajstić information content (AvgIpc) is 2.56. The van der Waals surface area contributed by atoms with Crippen molar-refractivity contribution >= 4 is 46.5 Å². The Morgan fingerprint density at radius 2 is 1.59 bits per heavy atom. The van der Waals surface area contributed by atoms with Crippen molar-refractivity contribution in [3.8, 4) is 0 Å². The third-order valence-electron chi connectivity index (χ3n) is 3.35. The molecule has 0 saturated heterocycles. The lowest BCUT2D eigenvalue weighted by Gasteiger charge is -2.19. The summed E-state index contributed by atoms with van der Waals surface area (Å²) in [4.78, 5) is 23.8. The molecule has 27 heavy (non-hydrogen) atoms. The molecule has 1 N–H and O–H groups in total. The first-order valence-corrected chi connectivity index (χ1v) is 9.08. The maximum absolute atomic E-state index is 12.1. The molecule has 0 unspecified atom stereocenters. The zero-order valence-corrected chi connectivity index (χ0v) is 16.9. The van der Waals surface area contributed by atoms with Crippen LogP contribution in [-0.4, -0.2) is 24.1 Å². The Morgan fingerprint density at radius 1 is 0.963 bits per heavy atom. The molecule has 0 radical (unpaired) electrons. The fourth-order valence-electron chi connectivity index (χ4n) is 2.27. The van der Waals surface area contributed by atoms with Gasteiger partial charge in [-0.2, -0.15) is 0 Å². The van der Waals surface area contributed by atoms with E-state index >= 15 is 0 Å². The number of esters is 2. The number of ether oxygens (including phenoxy) is 2. The van der Waals surface area contributed by atoms with Crippen molar-refractivity contribution in [3.05, 3.63) is 58.1 Å². The minimum atomic E-state index is -0.631. The lowest BCUT2D eigenvalue weighted by Crippen LogP contribution is -2.27. The number of rotatable bonds is 6. The second-order valence-corrected chi connectivity index (χ2v) is 7.62. The van der Waals surface area contributed by atoms with Crippen LogP contribution >= 0.6 is 23.2 Å². The van der Waals surface area contributed by atoms with Gasteiger partial charge in [0.1, 0.15) is 5.60 Å². The molecule has 7 heteroatoms. The summed E-state index contributed by atoms with van der Waals surface area (Å²) < 4.78 is 10.1. The number of carbonyl (C=O) groups excluding carboxylic acids is 2. The molecule has 0 fully saturated rings. The smallest absolute Gasteiger partial charge is 0.344 e. The SMILES string of the molecule is CC(C)(C)OC(=O)COC(=O)Cc1ccccc1Nc1c(Cl)cccc1Cl. The number of nitrogens with one attached hydrogen (secondary N) is 1. The monoisotopic (exact) mass is 409 g/mol. The van der Waals surface area contributed by atoms with E-state index in [0.717, 1.165) is 0 Å². The first-order chi connectivity index (χ1) is 12.7. The van der Waals surface area contributed by atoms with Crippen LogP contribution in [0, 0.1) is 0 Å². The Balaban J connectivity index is 2.03. The van der Waals surface area contributed by atoms with E-state index < -0.39 is 24.1 Å². The molecule has 2 aromatic rings. The van der Waals surface area contributed by atoms with Gasteiger partial charge in [-0.15, -0.1) is 0 Å². The van der Waals surface area contributed by atoms with Gasteiger partial charge in [0.2, 0.25) is 0 Å². The highest BCUT2D eigenvalue weighted by molar-refractivity contribution is 6.39. The number of hydrogen-bond donors (Lipinski definition) is 1. The van der Waals surface area contributed by atoms with Crippen LogP contribution in [0.25, 0.3) is 0 Å². The van der Waals surface area contributed by atoms with Crippen molar-refractivity contribution in [2.75, 3.05) is 11.9 Å². The summed E-state index contributed by atoms with van der Waals surface area (Å²) in [6, 6.07) is 12.4. The van der Waals surface area contributed by atoms with Crippen LogP contribution in [0.15, 0.2) is 42.5 Å². The lowest BCUT2D eigenvalue weighted by atomic mass is 10.1. The molecule has 5 nitrogen and oxygen atoms in total. The molecule has 2 aromatic carbocycles. The van der Waals surface area contributed by atoms with Gasteiger partial charge in [-0.3, -0.25) is 4.79 Å². The molecule has 0 aliphatic heterocycles. The summed E-state index contributed by atoms with van der Waals surface area (Å²) in [6.45, 7) is 4.81. The normalized spacial score (nSPS) is 11.0. The molecule has 0 aliphatic carbocycles. The van der Waals surface area contributed by atoms with Crippen molar-refractivity contribution in [2.45, 2.75) is 32.8 Å². The van der Waals surface area contributed by atoms with E-state index in [2.05, 4.69) is 5.32 Å². The summed E-state index contributed by atoms with van der Waals surface area (Å²) in [6.07, 6.45) is -0.0198. The van der Waals surface area contributed by atoms with Gasteiger partial charge in [0, 0.05) is 5.69 Å². The fourth-order valence-corrected chi connectivity index (χ4v) is 2.76. The molecule has 0 spiro atoms. The Morgan fingerprint density at radius 3 is 2.22 bits per heavy atom. The molecule has 144 valence electrons. The third-order valence-corrected chi connectivity index (χ3v) is 3.98. The van der Waals surface area contributed by atoms with Gasteiger partial charge in [0.25, 0.3) is 0 Å². The largest absolute Gasteiger partial charge is 0.457 e.